The average molecular weight is 282 g/mol. The molecule has 1 atom stereocenters. The second kappa shape index (κ2) is 5.89. The molecule has 0 spiro atoms. The Bertz CT molecular complexity index is 549. The van der Waals surface area contributed by atoms with Gasteiger partial charge >= 0.3 is 0 Å². The van der Waals surface area contributed by atoms with E-state index in [9.17, 15) is 9.18 Å². The molecule has 0 aliphatic carbocycles. The van der Waals surface area contributed by atoms with Gasteiger partial charge in [-0.1, -0.05) is 17.7 Å². The molecule has 0 unspecified atom stereocenters. The standard InChI is InChI=1S/C14H13ClFNO2/c1-9(13-6-3-7-19-13)17-14(18)8-10-11(15)4-2-5-12(10)16/h2-7,9H,8H2,1H3,(H,17,18)/t9-/m0/s1. The quantitative estimate of drug-likeness (QED) is 0.932. The first kappa shape index (κ1) is 13.6. The molecule has 0 saturated carbocycles. The van der Waals surface area contributed by atoms with Crippen LogP contribution in [0.1, 0.15) is 24.3 Å². The molecule has 0 fully saturated rings. The molecule has 100 valence electrons. The van der Waals surface area contributed by atoms with E-state index in [1.54, 1.807) is 25.1 Å². The van der Waals surface area contributed by atoms with Gasteiger partial charge in [0.1, 0.15) is 11.6 Å². The van der Waals surface area contributed by atoms with Gasteiger partial charge < -0.3 is 9.73 Å². The third-order valence-electron chi connectivity index (χ3n) is 2.75. The fourth-order valence-electron chi connectivity index (χ4n) is 1.76. The van der Waals surface area contributed by atoms with E-state index in [1.807, 2.05) is 0 Å². The Morgan fingerprint density at radius 2 is 2.21 bits per heavy atom. The monoisotopic (exact) mass is 281 g/mol. The molecular weight excluding hydrogens is 269 g/mol. The first-order chi connectivity index (χ1) is 9.08. The summed E-state index contributed by atoms with van der Waals surface area (Å²) in [6.07, 6.45) is 1.43. The van der Waals surface area contributed by atoms with Gasteiger partial charge in [0.25, 0.3) is 0 Å². The summed E-state index contributed by atoms with van der Waals surface area (Å²) in [6, 6.07) is 7.58. The van der Waals surface area contributed by atoms with Crippen LogP contribution >= 0.6 is 11.6 Å². The minimum absolute atomic E-state index is 0.101. The fraction of sp³-hybridized carbons (Fsp3) is 0.214. The van der Waals surface area contributed by atoms with E-state index in [0.29, 0.717) is 5.76 Å². The number of halogens is 2. The maximum Gasteiger partial charge on any atom is 0.225 e. The van der Waals surface area contributed by atoms with Crippen LogP contribution in [0, 0.1) is 5.82 Å². The highest BCUT2D eigenvalue weighted by Crippen LogP contribution is 2.20. The predicted molar refractivity (Wildman–Crippen MR) is 70.4 cm³/mol. The van der Waals surface area contributed by atoms with Gasteiger partial charge in [0.05, 0.1) is 18.7 Å². The third kappa shape index (κ3) is 3.35. The zero-order chi connectivity index (χ0) is 13.8. The second-order valence-electron chi connectivity index (χ2n) is 4.18. The number of nitrogens with one attached hydrogen (secondary N) is 1. The average Bonchev–Trinajstić information content (AvgIpc) is 2.88. The molecule has 0 aliphatic rings. The number of carbonyl (C=O) groups is 1. The van der Waals surface area contributed by atoms with E-state index in [0.717, 1.165) is 0 Å². The highest BCUT2D eigenvalue weighted by Gasteiger charge is 2.15. The van der Waals surface area contributed by atoms with E-state index < -0.39 is 5.82 Å². The highest BCUT2D eigenvalue weighted by molar-refractivity contribution is 6.31. The van der Waals surface area contributed by atoms with Crippen LogP contribution in [0.3, 0.4) is 0 Å². The molecule has 1 heterocycles. The van der Waals surface area contributed by atoms with Crippen molar-refractivity contribution in [3.8, 4) is 0 Å². The predicted octanol–water partition coefficient (Wildman–Crippen LogP) is 3.49. The van der Waals surface area contributed by atoms with Gasteiger partial charge in [0, 0.05) is 10.6 Å². The van der Waals surface area contributed by atoms with Gasteiger partial charge in [-0.2, -0.15) is 0 Å². The molecule has 0 radical (unpaired) electrons. The van der Waals surface area contributed by atoms with Crippen LogP contribution in [-0.2, 0) is 11.2 Å². The highest BCUT2D eigenvalue weighted by atomic mass is 35.5. The molecule has 5 heteroatoms. The van der Waals surface area contributed by atoms with Gasteiger partial charge in [-0.05, 0) is 31.2 Å². The van der Waals surface area contributed by atoms with Gasteiger partial charge in [0.2, 0.25) is 5.91 Å². The van der Waals surface area contributed by atoms with Crippen molar-refractivity contribution in [3.63, 3.8) is 0 Å². The van der Waals surface area contributed by atoms with Gasteiger partial charge in [0.15, 0.2) is 0 Å². The number of hydrogen-bond acceptors (Lipinski definition) is 2. The largest absolute Gasteiger partial charge is 0.467 e. The van der Waals surface area contributed by atoms with E-state index in [-0.39, 0.29) is 29.0 Å². The summed E-state index contributed by atoms with van der Waals surface area (Å²) in [5.41, 5.74) is 0.202. The van der Waals surface area contributed by atoms with Crippen molar-refractivity contribution in [2.24, 2.45) is 0 Å². The minimum atomic E-state index is -0.478. The van der Waals surface area contributed by atoms with Crippen LogP contribution < -0.4 is 5.32 Å². The SMILES string of the molecule is C[C@H](NC(=O)Cc1c(F)cccc1Cl)c1ccco1. The number of hydrogen-bond donors (Lipinski definition) is 1. The van der Waals surface area contributed by atoms with E-state index >= 15 is 0 Å². The molecule has 0 bridgehead atoms. The summed E-state index contributed by atoms with van der Waals surface area (Å²) in [4.78, 5) is 11.8. The van der Waals surface area contributed by atoms with Gasteiger partial charge in [-0.15, -0.1) is 0 Å². The summed E-state index contributed by atoms with van der Waals surface area (Å²) >= 11 is 5.87. The van der Waals surface area contributed by atoms with E-state index in [1.165, 1.54) is 18.4 Å². The lowest BCUT2D eigenvalue weighted by Gasteiger charge is -2.12. The van der Waals surface area contributed by atoms with Crippen molar-refractivity contribution in [2.45, 2.75) is 19.4 Å². The topological polar surface area (TPSA) is 42.2 Å². The van der Waals surface area contributed by atoms with E-state index in [2.05, 4.69) is 5.32 Å². The summed E-state index contributed by atoms with van der Waals surface area (Å²) in [6.45, 7) is 1.79. The molecule has 0 saturated heterocycles. The second-order valence-corrected chi connectivity index (χ2v) is 4.59. The zero-order valence-electron chi connectivity index (χ0n) is 10.3. The molecule has 0 aliphatic heterocycles. The summed E-state index contributed by atoms with van der Waals surface area (Å²) in [5.74, 6) is -0.141. The summed E-state index contributed by atoms with van der Waals surface area (Å²) in [5, 5.41) is 2.98. The Morgan fingerprint density at radius 3 is 2.84 bits per heavy atom. The fourth-order valence-corrected chi connectivity index (χ4v) is 1.99. The van der Waals surface area contributed by atoms with E-state index in [4.69, 9.17) is 16.0 Å². The van der Waals surface area contributed by atoms with Crippen molar-refractivity contribution in [1.82, 2.24) is 5.32 Å². The Morgan fingerprint density at radius 1 is 1.42 bits per heavy atom. The van der Waals surface area contributed by atoms with Crippen molar-refractivity contribution < 1.29 is 13.6 Å². The maximum absolute atomic E-state index is 13.5. The first-order valence-corrected chi connectivity index (χ1v) is 6.21. The molecule has 1 amide bonds. The number of benzene rings is 1. The van der Waals surface area contributed by atoms with Crippen molar-refractivity contribution in [2.75, 3.05) is 0 Å². The molecular formula is C14H13ClFNO2. The van der Waals surface area contributed by atoms with Crippen LogP contribution in [0.2, 0.25) is 5.02 Å². The first-order valence-electron chi connectivity index (χ1n) is 5.83. The molecule has 19 heavy (non-hydrogen) atoms. The Kier molecular flexibility index (Phi) is 4.22. The number of amides is 1. The Labute approximate surface area is 115 Å². The normalized spacial score (nSPS) is 12.2. The minimum Gasteiger partial charge on any atom is -0.467 e. The van der Waals surface area contributed by atoms with Crippen LogP contribution in [0.15, 0.2) is 41.0 Å². The van der Waals surface area contributed by atoms with Crippen molar-refractivity contribution in [1.29, 1.82) is 0 Å². The number of carbonyl (C=O) groups excluding carboxylic acids is 1. The summed E-state index contributed by atoms with van der Waals surface area (Å²) < 4.78 is 18.7. The lowest BCUT2D eigenvalue weighted by molar-refractivity contribution is -0.121. The van der Waals surface area contributed by atoms with Gasteiger partial charge in [-0.25, -0.2) is 4.39 Å². The van der Waals surface area contributed by atoms with Crippen molar-refractivity contribution >= 4 is 17.5 Å². The van der Waals surface area contributed by atoms with Gasteiger partial charge in [-0.3, -0.25) is 4.79 Å². The van der Waals surface area contributed by atoms with Crippen LogP contribution in [0.4, 0.5) is 4.39 Å². The summed E-state index contributed by atoms with van der Waals surface area (Å²) in [7, 11) is 0. The van der Waals surface area contributed by atoms with Crippen LogP contribution in [0.5, 0.6) is 0 Å². The number of rotatable bonds is 4. The number of furan rings is 1. The Balaban J connectivity index is 2.02. The maximum atomic E-state index is 13.5. The lowest BCUT2D eigenvalue weighted by Crippen LogP contribution is -2.28. The third-order valence-corrected chi connectivity index (χ3v) is 3.10. The van der Waals surface area contributed by atoms with Crippen molar-refractivity contribution in [3.05, 3.63) is 58.8 Å². The van der Waals surface area contributed by atoms with Crippen LogP contribution in [-0.4, -0.2) is 5.91 Å². The molecule has 2 aromatic rings. The molecule has 1 N–H and O–H groups in total. The molecule has 2 rings (SSSR count). The zero-order valence-corrected chi connectivity index (χ0v) is 11.1. The lowest BCUT2D eigenvalue weighted by atomic mass is 10.1. The smallest absolute Gasteiger partial charge is 0.225 e. The van der Waals surface area contributed by atoms with Crippen LogP contribution in [0.25, 0.3) is 0 Å². The Hall–Kier alpha value is -1.81. The molecule has 3 nitrogen and oxygen atoms in total. The molecule has 1 aromatic carbocycles. The molecule has 1 aromatic heterocycles.